The summed E-state index contributed by atoms with van der Waals surface area (Å²) in [7, 11) is 2.98. The van der Waals surface area contributed by atoms with E-state index in [4.69, 9.17) is 9.47 Å². The smallest absolute Gasteiger partial charge is 0.471 e. The van der Waals surface area contributed by atoms with Gasteiger partial charge >= 0.3 is 12.1 Å². The number of amides is 1. The van der Waals surface area contributed by atoms with Crippen molar-refractivity contribution < 1.29 is 27.4 Å². The molecule has 1 aromatic rings. The molecule has 0 bridgehead atoms. The highest BCUT2D eigenvalue weighted by molar-refractivity contribution is 5.82. The molecule has 0 spiro atoms. The molecule has 1 atom stereocenters. The molecule has 0 aliphatic carbocycles. The van der Waals surface area contributed by atoms with Crippen LogP contribution in [0.4, 0.5) is 13.2 Å². The van der Waals surface area contributed by atoms with E-state index in [0.29, 0.717) is 17.9 Å². The largest absolute Gasteiger partial charge is 0.493 e. The molecule has 0 aromatic heterocycles. The van der Waals surface area contributed by atoms with Crippen LogP contribution in [0.1, 0.15) is 17.0 Å². The molecule has 4 nitrogen and oxygen atoms in total. The second-order valence-electron chi connectivity index (χ2n) is 5.25. The Morgan fingerprint density at radius 3 is 2.43 bits per heavy atom. The van der Waals surface area contributed by atoms with Crippen molar-refractivity contribution in [2.75, 3.05) is 27.3 Å². The van der Waals surface area contributed by atoms with E-state index in [-0.39, 0.29) is 13.1 Å². The van der Waals surface area contributed by atoms with Gasteiger partial charge in [-0.1, -0.05) is 6.08 Å². The van der Waals surface area contributed by atoms with E-state index in [1.54, 1.807) is 18.2 Å². The molecule has 1 aliphatic rings. The molecule has 126 valence electrons. The van der Waals surface area contributed by atoms with Gasteiger partial charge in [-0.15, -0.1) is 6.58 Å². The number of alkyl halides is 3. The number of hydrogen-bond acceptors (Lipinski definition) is 3. The van der Waals surface area contributed by atoms with Gasteiger partial charge in [-0.2, -0.15) is 13.2 Å². The quantitative estimate of drug-likeness (QED) is 0.801. The van der Waals surface area contributed by atoms with Gasteiger partial charge in [0.2, 0.25) is 0 Å². The maximum atomic E-state index is 12.7. The second kappa shape index (κ2) is 6.52. The summed E-state index contributed by atoms with van der Waals surface area (Å²) in [6, 6.07) is 3.48. The van der Waals surface area contributed by atoms with Gasteiger partial charge < -0.3 is 14.4 Å². The number of halogens is 3. The van der Waals surface area contributed by atoms with E-state index in [9.17, 15) is 18.0 Å². The molecule has 0 saturated heterocycles. The number of methoxy groups -OCH3 is 2. The van der Waals surface area contributed by atoms with Crippen LogP contribution >= 0.6 is 0 Å². The Morgan fingerprint density at radius 1 is 1.30 bits per heavy atom. The molecule has 0 radical (unpaired) electrons. The lowest BCUT2D eigenvalue weighted by molar-refractivity contribution is -0.185. The minimum atomic E-state index is -4.88. The number of carbonyl (C=O) groups is 1. The van der Waals surface area contributed by atoms with E-state index >= 15 is 0 Å². The number of carbonyl (C=O) groups excluding carboxylic acids is 1. The first-order valence-electron chi connectivity index (χ1n) is 7.05. The van der Waals surface area contributed by atoms with Gasteiger partial charge in [0.1, 0.15) is 0 Å². The topological polar surface area (TPSA) is 38.8 Å². The highest BCUT2D eigenvalue weighted by Gasteiger charge is 2.43. The van der Waals surface area contributed by atoms with E-state index in [1.165, 1.54) is 14.2 Å². The van der Waals surface area contributed by atoms with Gasteiger partial charge in [0.05, 0.1) is 14.2 Å². The average molecular weight is 329 g/mol. The Labute approximate surface area is 132 Å². The number of ether oxygens (including phenoxy) is 2. The van der Waals surface area contributed by atoms with Crippen LogP contribution in [0.3, 0.4) is 0 Å². The zero-order valence-electron chi connectivity index (χ0n) is 12.9. The third-order valence-corrected chi connectivity index (χ3v) is 3.93. The normalized spacial score (nSPS) is 18.0. The monoisotopic (exact) mass is 329 g/mol. The van der Waals surface area contributed by atoms with E-state index < -0.39 is 18.0 Å². The van der Waals surface area contributed by atoms with Crippen LogP contribution in [0.15, 0.2) is 24.8 Å². The molecular formula is C16H18F3NO3. The molecule has 1 aromatic carbocycles. The molecular weight excluding hydrogens is 311 g/mol. The number of hydrogen-bond donors (Lipinski definition) is 0. The first-order valence-corrected chi connectivity index (χ1v) is 7.05. The van der Waals surface area contributed by atoms with Crippen LogP contribution < -0.4 is 9.47 Å². The van der Waals surface area contributed by atoms with Crippen molar-refractivity contribution in [1.82, 2.24) is 4.90 Å². The summed E-state index contributed by atoms with van der Waals surface area (Å²) < 4.78 is 48.6. The summed E-state index contributed by atoms with van der Waals surface area (Å²) in [6.07, 6.45) is -3.02. The molecule has 1 aliphatic heterocycles. The van der Waals surface area contributed by atoms with Crippen molar-refractivity contribution in [3.63, 3.8) is 0 Å². The van der Waals surface area contributed by atoms with Crippen LogP contribution in [0, 0.1) is 0 Å². The Balaban J connectivity index is 2.41. The fraction of sp³-hybridized carbons (Fsp3) is 0.438. The van der Waals surface area contributed by atoms with Crippen LogP contribution in [-0.4, -0.2) is 44.3 Å². The third-order valence-electron chi connectivity index (χ3n) is 3.93. The van der Waals surface area contributed by atoms with Crippen molar-refractivity contribution in [2.45, 2.75) is 18.5 Å². The van der Waals surface area contributed by atoms with Crippen molar-refractivity contribution >= 4 is 5.91 Å². The minimum absolute atomic E-state index is 0.00876. The van der Waals surface area contributed by atoms with Crippen LogP contribution in [-0.2, 0) is 11.2 Å². The van der Waals surface area contributed by atoms with E-state index in [2.05, 4.69) is 6.58 Å². The summed E-state index contributed by atoms with van der Waals surface area (Å²) >= 11 is 0. The van der Waals surface area contributed by atoms with Crippen molar-refractivity contribution in [3.8, 4) is 11.5 Å². The lowest BCUT2D eigenvalue weighted by atomic mass is 9.93. The lowest BCUT2D eigenvalue weighted by Gasteiger charge is -2.24. The van der Waals surface area contributed by atoms with Crippen LogP contribution in [0.5, 0.6) is 11.5 Å². The molecule has 1 heterocycles. The Morgan fingerprint density at radius 2 is 1.91 bits per heavy atom. The Kier molecular flexibility index (Phi) is 4.87. The highest BCUT2D eigenvalue weighted by atomic mass is 19.4. The predicted molar refractivity (Wildman–Crippen MR) is 78.8 cm³/mol. The maximum absolute atomic E-state index is 12.7. The molecule has 2 rings (SSSR count). The first kappa shape index (κ1) is 17.2. The molecule has 23 heavy (non-hydrogen) atoms. The standard InChI is InChI=1S/C16H18F3NO3/c1-4-10-9-20(15(21)16(17,18)19)6-5-11-7-13(22-2)14(23-3)8-12(10)11/h4,7-8,10H,1,5-6,9H2,2-3H3/t10-/m1/s1. The minimum Gasteiger partial charge on any atom is -0.493 e. The molecule has 0 saturated carbocycles. The molecule has 0 N–H and O–H groups in total. The van der Waals surface area contributed by atoms with Crippen molar-refractivity contribution in [2.24, 2.45) is 0 Å². The SMILES string of the molecule is C=C[C@@H]1CN(C(=O)C(F)(F)F)CCc2cc(OC)c(OC)cc21. The zero-order chi connectivity index (χ0) is 17.2. The number of fused-ring (bicyclic) bond motifs is 1. The first-order chi connectivity index (χ1) is 10.8. The highest BCUT2D eigenvalue weighted by Crippen LogP contribution is 2.37. The van der Waals surface area contributed by atoms with Gasteiger partial charge in [-0.05, 0) is 29.7 Å². The predicted octanol–water partition coefficient (Wildman–Crippen LogP) is 2.92. The third kappa shape index (κ3) is 3.43. The number of rotatable bonds is 3. The van der Waals surface area contributed by atoms with Gasteiger partial charge in [0.15, 0.2) is 11.5 Å². The fourth-order valence-corrected chi connectivity index (χ4v) is 2.75. The van der Waals surface area contributed by atoms with Crippen LogP contribution in [0.2, 0.25) is 0 Å². The summed E-state index contributed by atoms with van der Waals surface area (Å²) in [6.45, 7) is 3.61. The summed E-state index contributed by atoms with van der Waals surface area (Å²) in [5, 5.41) is 0. The van der Waals surface area contributed by atoms with Crippen LogP contribution in [0.25, 0.3) is 0 Å². The van der Waals surface area contributed by atoms with Gasteiger partial charge in [0, 0.05) is 19.0 Å². The summed E-state index contributed by atoms with van der Waals surface area (Å²) in [5.41, 5.74) is 1.63. The average Bonchev–Trinajstić information content (AvgIpc) is 2.70. The number of nitrogens with zero attached hydrogens (tertiary/aromatic N) is 1. The van der Waals surface area contributed by atoms with Gasteiger partial charge in [-0.3, -0.25) is 4.79 Å². The molecule has 1 amide bonds. The zero-order valence-corrected chi connectivity index (χ0v) is 12.9. The molecule has 0 unspecified atom stereocenters. The molecule has 0 fully saturated rings. The van der Waals surface area contributed by atoms with Crippen molar-refractivity contribution in [3.05, 3.63) is 35.9 Å². The maximum Gasteiger partial charge on any atom is 0.471 e. The second-order valence-corrected chi connectivity index (χ2v) is 5.25. The van der Waals surface area contributed by atoms with Gasteiger partial charge in [-0.25, -0.2) is 0 Å². The van der Waals surface area contributed by atoms with Gasteiger partial charge in [0.25, 0.3) is 0 Å². The molecule has 7 heteroatoms. The Hall–Kier alpha value is -2.18. The summed E-state index contributed by atoms with van der Waals surface area (Å²) in [5.74, 6) is -1.23. The summed E-state index contributed by atoms with van der Waals surface area (Å²) in [4.78, 5) is 12.4. The van der Waals surface area contributed by atoms with E-state index in [0.717, 1.165) is 16.0 Å². The van der Waals surface area contributed by atoms with E-state index in [1.807, 2.05) is 0 Å². The number of benzene rings is 1. The van der Waals surface area contributed by atoms with Crippen molar-refractivity contribution in [1.29, 1.82) is 0 Å². The lowest BCUT2D eigenvalue weighted by Crippen LogP contribution is -2.43. The fourth-order valence-electron chi connectivity index (χ4n) is 2.75. The Bertz CT molecular complexity index is 613.